The van der Waals surface area contributed by atoms with Crippen LogP contribution < -0.4 is 5.32 Å². The fraction of sp³-hybridized carbons (Fsp3) is 0.222. The number of nitrogens with zero attached hydrogens (tertiary/aromatic N) is 5. The zero-order valence-corrected chi connectivity index (χ0v) is 20.0. The summed E-state index contributed by atoms with van der Waals surface area (Å²) in [6, 6.07) is 18.7. The van der Waals surface area contributed by atoms with Crippen molar-refractivity contribution in [1.82, 2.24) is 24.4 Å². The fourth-order valence-electron chi connectivity index (χ4n) is 4.66. The lowest BCUT2D eigenvalue weighted by Gasteiger charge is -2.26. The van der Waals surface area contributed by atoms with Crippen molar-refractivity contribution >= 4 is 29.3 Å². The Hall–Kier alpha value is -4.41. The largest absolute Gasteiger partial charge is 0.379 e. The highest BCUT2D eigenvalue weighted by Gasteiger charge is 2.36. The first-order chi connectivity index (χ1) is 18.0. The van der Waals surface area contributed by atoms with E-state index in [9.17, 15) is 14.4 Å². The van der Waals surface area contributed by atoms with Crippen molar-refractivity contribution in [1.29, 1.82) is 0 Å². The van der Waals surface area contributed by atoms with Crippen LogP contribution in [-0.2, 0) is 16.1 Å². The van der Waals surface area contributed by atoms with E-state index in [1.807, 2.05) is 30.5 Å². The van der Waals surface area contributed by atoms with Crippen LogP contribution >= 0.6 is 0 Å². The number of benzene rings is 2. The standard InChI is InChI=1S/C27H24N6O4/c34-24(17-32-25(35)21-6-1-2-7-22(21)26(32)36)29-27-28-23-9-8-20(16-33(23)30-27)19-5-3-4-18(14-19)15-31-10-12-37-13-11-31/h1-9,14,16H,10-13,15,17H2,(H,29,30,34). The van der Waals surface area contributed by atoms with Crippen LogP contribution in [0.1, 0.15) is 26.3 Å². The Kier molecular flexibility index (Phi) is 5.95. The summed E-state index contributed by atoms with van der Waals surface area (Å²) in [5.41, 5.74) is 4.40. The number of nitrogens with one attached hydrogen (secondary N) is 1. The Morgan fingerprint density at radius 1 is 0.919 bits per heavy atom. The van der Waals surface area contributed by atoms with Gasteiger partial charge < -0.3 is 4.74 Å². The molecule has 2 aromatic carbocycles. The number of hydrogen-bond donors (Lipinski definition) is 1. The van der Waals surface area contributed by atoms with Gasteiger partial charge in [-0.1, -0.05) is 30.3 Å². The van der Waals surface area contributed by atoms with Crippen molar-refractivity contribution < 1.29 is 19.1 Å². The Morgan fingerprint density at radius 3 is 2.43 bits per heavy atom. The highest BCUT2D eigenvalue weighted by atomic mass is 16.5. The second-order valence-corrected chi connectivity index (χ2v) is 9.04. The molecular formula is C27H24N6O4. The van der Waals surface area contributed by atoms with E-state index in [-0.39, 0.29) is 5.95 Å². The van der Waals surface area contributed by atoms with Gasteiger partial charge in [0.1, 0.15) is 6.54 Å². The van der Waals surface area contributed by atoms with E-state index in [2.05, 4.69) is 32.4 Å². The topological polar surface area (TPSA) is 109 Å². The fourth-order valence-corrected chi connectivity index (χ4v) is 4.66. The number of ether oxygens (including phenoxy) is 1. The summed E-state index contributed by atoms with van der Waals surface area (Å²) in [5.74, 6) is -1.43. The lowest BCUT2D eigenvalue weighted by molar-refractivity contribution is -0.116. The number of anilines is 1. The average molecular weight is 497 g/mol. The van der Waals surface area contributed by atoms with E-state index in [0.29, 0.717) is 16.8 Å². The Morgan fingerprint density at radius 2 is 1.68 bits per heavy atom. The predicted octanol–water partition coefficient (Wildman–Crippen LogP) is 2.46. The molecule has 1 N–H and O–H groups in total. The SMILES string of the molecule is O=C(CN1C(=O)c2ccccc2C1=O)Nc1nc2ccc(-c3cccc(CN4CCOCC4)c3)cn2n1. The third-order valence-corrected chi connectivity index (χ3v) is 6.53. The molecule has 0 bridgehead atoms. The number of carbonyl (C=O) groups is 3. The molecule has 0 saturated carbocycles. The molecule has 3 amide bonds. The number of carbonyl (C=O) groups excluding carboxylic acids is 3. The van der Waals surface area contributed by atoms with E-state index in [0.717, 1.165) is 48.9 Å². The minimum absolute atomic E-state index is 0.0971. The molecule has 186 valence electrons. The number of aromatic nitrogens is 3. The average Bonchev–Trinajstić information content (AvgIpc) is 3.42. The molecule has 0 radical (unpaired) electrons. The molecule has 4 aromatic rings. The summed E-state index contributed by atoms with van der Waals surface area (Å²) in [6.45, 7) is 3.84. The van der Waals surface area contributed by atoms with Crippen LogP contribution in [0, 0.1) is 0 Å². The smallest absolute Gasteiger partial charge is 0.262 e. The van der Waals surface area contributed by atoms with Crippen LogP contribution in [-0.4, -0.2) is 75.0 Å². The lowest BCUT2D eigenvalue weighted by atomic mass is 10.0. The van der Waals surface area contributed by atoms with E-state index >= 15 is 0 Å². The Labute approximate surface area is 212 Å². The van der Waals surface area contributed by atoms with Crippen molar-refractivity contribution in [3.8, 4) is 11.1 Å². The molecule has 1 fully saturated rings. The normalized spacial score (nSPS) is 15.8. The monoisotopic (exact) mass is 496 g/mol. The van der Waals surface area contributed by atoms with E-state index in [1.54, 1.807) is 28.8 Å². The van der Waals surface area contributed by atoms with Gasteiger partial charge in [0.15, 0.2) is 5.65 Å². The number of morpholine rings is 1. The summed E-state index contributed by atoms with van der Waals surface area (Å²) in [6.07, 6.45) is 1.86. The predicted molar refractivity (Wildman–Crippen MR) is 135 cm³/mol. The summed E-state index contributed by atoms with van der Waals surface area (Å²) in [7, 11) is 0. The molecule has 6 rings (SSSR count). The second kappa shape index (κ2) is 9.57. The maximum absolute atomic E-state index is 12.6. The molecule has 0 atom stereocenters. The summed E-state index contributed by atoms with van der Waals surface area (Å²) in [4.78, 5) is 45.3. The van der Waals surface area contributed by atoms with Crippen molar-refractivity contribution in [2.24, 2.45) is 0 Å². The number of hydrogen-bond acceptors (Lipinski definition) is 7. The maximum Gasteiger partial charge on any atom is 0.262 e. The molecule has 10 heteroatoms. The van der Waals surface area contributed by atoms with Crippen molar-refractivity contribution in [3.05, 3.63) is 83.6 Å². The number of imide groups is 1. The molecule has 0 spiro atoms. The molecule has 2 aliphatic heterocycles. The van der Waals surface area contributed by atoms with Gasteiger partial charge in [-0.15, -0.1) is 5.10 Å². The molecule has 37 heavy (non-hydrogen) atoms. The Bertz CT molecular complexity index is 1490. The van der Waals surface area contributed by atoms with Gasteiger partial charge in [-0.25, -0.2) is 4.52 Å². The number of rotatable bonds is 6. The highest BCUT2D eigenvalue weighted by Crippen LogP contribution is 2.24. The first-order valence-corrected chi connectivity index (χ1v) is 12.1. The second-order valence-electron chi connectivity index (χ2n) is 9.04. The van der Waals surface area contributed by atoms with Crippen molar-refractivity contribution in [2.75, 3.05) is 38.2 Å². The summed E-state index contributed by atoms with van der Waals surface area (Å²) < 4.78 is 7.04. The molecule has 1 saturated heterocycles. The van der Waals surface area contributed by atoms with Gasteiger partial charge in [-0.3, -0.25) is 29.5 Å². The Balaban J connectivity index is 1.15. The van der Waals surface area contributed by atoms with Crippen LogP contribution in [0.4, 0.5) is 5.95 Å². The number of pyridine rings is 1. The molecule has 0 aliphatic carbocycles. The van der Waals surface area contributed by atoms with E-state index in [4.69, 9.17) is 4.74 Å². The van der Waals surface area contributed by atoms with E-state index < -0.39 is 24.3 Å². The van der Waals surface area contributed by atoms with Crippen LogP contribution in [0.25, 0.3) is 16.8 Å². The van der Waals surface area contributed by atoms with Gasteiger partial charge in [0.05, 0.1) is 24.3 Å². The maximum atomic E-state index is 12.6. The van der Waals surface area contributed by atoms with Crippen LogP contribution in [0.15, 0.2) is 66.9 Å². The van der Waals surface area contributed by atoms with Crippen LogP contribution in [0.5, 0.6) is 0 Å². The molecule has 4 heterocycles. The zero-order valence-electron chi connectivity index (χ0n) is 20.0. The first-order valence-electron chi connectivity index (χ1n) is 12.1. The van der Waals surface area contributed by atoms with Gasteiger partial charge in [-0.05, 0) is 41.5 Å². The quantitative estimate of drug-likeness (QED) is 0.409. The van der Waals surface area contributed by atoms with Crippen molar-refractivity contribution in [2.45, 2.75) is 6.54 Å². The number of fused-ring (bicyclic) bond motifs is 2. The summed E-state index contributed by atoms with van der Waals surface area (Å²) in [5, 5.41) is 6.97. The highest BCUT2D eigenvalue weighted by molar-refractivity contribution is 6.22. The first kappa shape index (κ1) is 23.0. The van der Waals surface area contributed by atoms with Gasteiger partial charge in [0, 0.05) is 31.4 Å². The molecule has 2 aliphatic rings. The lowest BCUT2D eigenvalue weighted by Crippen LogP contribution is -2.37. The molecular weight excluding hydrogens is 472 g/mol. The minimum atomic E-state index is -0.554. The third-order valence-electron chi connectivity index (χ3n) is 6.53. The third kappa shape index (κ3) is 4.59. The molecule has 2 aromatic heterocycles. The van der Waals surface area contributed by atoms with Gasteiger partial charge >= 0.3 is 0 Å². The van der Waals surface area contributed by atoms with Gasteiger partial charge in [0.25, 0.3) is 11.8 Å². The van der Waals surface area contributed by atoms with Crippen molar-refractivity contribution in [3.63, 3.8) is 0 Å². The van der Waals surface area contributed by atoms with Crippen LogP contribution in [0.3, 0.4) is 0 Å². The number of amides is 3. The summed E-state index contributed by atoms with van der Waals surface area (Å²) >= 11 is 0. The molecule has 0 unspecified atom stereocenters. The zero-order chi connectivity index (χ0) is 25.4. The van der Waals surface area contributed by atoms with Crippen LogP contribution in [0.2, 0.25) is 0 Å². The van der Waals surface area contributed by atoms with Gasteiger partial charge in [-0.2, -0.15) is 4.98 Å². The molecule has 10 nitrogen and oxygen atoms in total. The minimum Gasteiger partial charge on any atom is -0.379 e. The van der Waals surface area contributed by atoms with E-state index in [1.165, 1.54) is 5.56 Å². The van der Waals surface area contributed by atoms with Gasteiger partial charge in [0.2, 0.25) is 11.9 Å².